The van der Waals surface area contributed by atoms with Gasteiger partial charge >= 0.3 is 0 Å². The van der Waals surface area contributed by atoms with Crippen molar-refractivity contribution in [3.8, 4) is 0 Å². The average molecular weight is 153 g/mol. The van der Waals surface area contributed by atoms with E-state index >= 15 is 0 Å². The number of nitrogens with one attached hydrogen (secondary N) is 1. The van der Waals surface area contributed by atoms with Gasteiger partial charge in [0.25, 0.3) is 0 Å². The molecule has 0 spiro atoms. The molecule has 64 valence electrons. The third kappa shape index (κ3) is 7.34. The third-order valence-corrected chi connectivity index (χ3v) is 1.62. The van der Waals surface area contributed by atoms with Crippen LogP contribution in [0.25, 0.3) is 0 Å². The molecule has 0 aliphatic rings. The van der Waals surface area contributed by atoms with E-state index in [0.717, 1.165) is 13.0 Å². The van der Waals surface area contributed by atoms with Crippen molar-refractivity contribution in [2.75, 3.05) is 6.54 Å². The number of hydrogen-bond acceptors (Lipinski definition) is 1. The molecular formula is C10H19N. The quantitative estimate of drug-likeness (QED) is 0.578. The zero-order valence-electron chi connectivity index (χ0n) is 7.64. The molecule has 0 fully saturated rings. The Kier molecular flexibility index (Phi) is 7.16. The highest BCUT2D eigenvalue weighted by atomic mass is 14.9. The predicted octanol–water partition coefficient (Wildman–Crippen LogP) is 2.51. The lowest BCUT2D eigenvalue weighted by atomic mass is 10.2. The van der Waals surface area contributed by atoms with Gasteiger partial charge in [0.05, 0.1) is 0 Å². The fourth-order valence-electron chi connectivity index (χ4n) is 0.857. The van der Waals surface area contributed by atoms with Crippen LogP contribution in [-0.2, 0) is 0 Å². The highest BCUT2D eigenvalue weighted by molar-refractivity contribution is 4.81. The van der Waals surface area contributed by atoms with Crippen LogP contribution in [0.5, 0.6) is 0 Å². The molecule has 0 aromatic rings. The van der Waals surface area contributed by atoms with Crippen LogP contribution in [0.3, 0.4) is 0 Å². The van der Waals surface area contributed by atoms with Crippen molar-refractivity contribution in [3.63, 3.8) is 0 Å². The second-order valence-corrected chi connectivity index (χ2v) is 2.74. The maximum absolute atomic E-state index is 3.69. The summed E-state index contributed by atoms with van der Waals surface area (Å²) in [4.78, 5) is 0. The molecule has 0 amide bonds. The molecule has 0 heterocycles. The SMILES string of the molecule is C=CCCC(C)NC/C=C/C. The van der Waals surface area contributed by atoms with E-state index in [9.17, 15) is 0 Å². The molecule has 0 aromatic carbocycles. The van der Waals surface area contributed by atoms with Crippen molar-refractivity contribution >= 4 is 0 Å². The van der Waals surface area contributed by atoms with Gasteiger partial charge in [-0.3, -0.25) is 0 Å². The summed E-state index contributed by atoms with van der Waals surface area (Å²) in [5.74, 6) is 0. The topological polar surface area (TPSA) is 12.0 Å². The Morgan fingerprint density at radius 1 is 1.55 bits per heavy atom. The Labute approximate surface area is 70.2 Å². The van der Waals surface area contributed by atoms with Gasteiger partial charge in [0.15, 0.2) is 0 Å². The van der Waals surface area contributed by atoms with E-state index in [2.05, 4.69) is 31.0 Å². The second-order valence-electron chi connectivity index (χ2n) is 2.74. The summed E-state index contributed by atoms with van der Waals surface area (Å²) in [5, 5.41) is 3.38. The Morgan fingerprint density at radius 3 is 2.82 bits per heavy atom. The normalized spacial score (nSPS) is 13.6. The lowest BCUT2D eigenvalue weighted by molar-refractivity contribution is 0.548. The number of hydrogen-bond donors (Lipinski definition) is 1. The van der Waals surface area contributed by atoms with E-state index in [0.29, 0.717) is 6.04 Å². The highest BCUT2D eigenvalue weighted by Crippen LogP contribution is 1.95. The molecule has 1 atom stereocenters. The molecule has 0 bridgehead atoms. The molecule has 0 saturated heterocycles. The zero-order valence-corrected chi connectivity index (χ0v) is 7.64. The molecule has 0 saturated carbocycles. The molecule has 0 radical (unpaired) electrons. The first kappa shape index (κ1) is 10.4. The van der Waals surface area contributed by atoms with Gasteiger partial charge in [0.1, 0.15) is 0 Å². The van der Waals surface area contributed by atoms with E-state index in [1.807, 2.05) is 13.0 Å². The molecule has 0 rings (SSSR count). The maximum atomic E-state index is 3.69. The third-order valence-electron chi connectivity index (χ3n) is 1.62. The minimum atomic E-state index is 0.601. The summed E-state index contributed by atoms with van der Waals surface area (Å²) in [7, 11) is 0. The standard InChI is InChI=1S/C10H19N/c1-4-6-8-10(3)11-9-7-5-2/h4-5,7,10-11H,1,6,8-9H2,2-3H3/b7-5+. The molecule has 1 heteroatoms. The van der Waals surface area contributed by atoms with Gasteiger partial charge in [-0.2, -0.15) is 0 Å². The van der Waals surface area contributed by atoms with Crippen LogP contribution < -0.4 is 5.32 Å². The van der Waals surface area contributed by atoms with Gasteiger partial charge in [-0.15, -0.1) is 6.58 Å². The zero-order chi connectivity index (χ0) is 8.53. The van der Waals surface area contributed by atoms with Crippen LogP contribution >= 0.6 is 0 Å². The average Bonchev–Trinajstić information content (AvgIpc) is 2.01. The highest BCUT2D eigenvalue weighted by Gasteiger charge is 1.95. The Bertz CT molecular complexity index is 116. The van der Waals surface area contributed by atoms with E-state index < -0.39 is 0 Å². The van der Waals surface area contributed by atoms with Crippen LogP contribution in [0.1, 0.15) is 26.7 Å². The van der Waals surface area contributed by atoms with Crippen LogP contribution in [0.4, 0.5) is 0 Å². The van der Waals surface area contributed by atoms with Gasteiger partial charge in [-0.25, -0.2) is 0 Å². The summed E-state index contributed by atoms with van der Waals surface area (Å²) < 4.78 is 0. The van der Waals surface area contributed by atoms with Gasteiger partial charge < -0.3 is 5.32 Å². The van der Waals surface area contributed by atoms with Crippen LogP contribution in [0.15, 0.2) is 24.8 Å². The first-order valence-corrected chi connectivity index (χ1v) is 4.26. The first-order valence-electron chi connectivity index (χ1n) is 4.26. The van der Waals surface area contributed by atoms with Gasteiger partial charge in [0.2, 0.25) is 0 Å². The number of allylic oxidation sites excluding steroid dienone is 2. The first-order chi connectivity index (χ1) is 5.31. The molecule has 0 aromatic heterocycles. The Morgan fingerprint density at radius 2 is 2.27 bits per heavy atom. The van der Waals surface area contributed by atoms with Crippen molar-refractivity contribution in [1.29, 1.82) is 0 Å². The van der Waals surface area contributed by atoms with Crippen LogP contribution in [-0.4, -0.2) is 12.6 Å². The summed E-state index contributed by atoms with van der Waals surface area (Å²) in [6, 6.07) is 0.601. The molecule has 1 N–H and O–H groups in total. The van der Waals surface area contributed by atoms with Gasteiger partial charge in [-0.1, -0.05) is 18.2 Å². The summed E-state index contributed by atoms with van der Waals surface area (Å²) in [6.07, 6.45) is 8.44. The molecule has 0 aliphatic carbocycles. The van der Waals surface area contributed by atoms with Crippen molar-refractivity contribution in [2.24, 2.45) is 0 Å². The number of rotatable bonds is 6. The second kappa shape index (κ2) is 7.55. The fourth-order valence-corrected chi connectivity index (χ4v) is 0.857. The van der Waals surface area contributed by atoms with Gasteiger partial charge in [-0.05, 0) is 26.7 Å². The molecule has 1 unspecified atom stereocenters. The lowest BCUT2D eigenvalue weighted by Gasteiger charge is -2.09. The molecular weight excluding hydrogens is 134 g/mol. The molecule has 0 aliphatic heterocycles. The van der Waals surface area contributed by atoms with E-state index in [4.69, 9.17) is 0 Å². The van der Waals surface area contributed by atoms with Crippen LogP contribution in [0.2, 0.25) is 0 Å². The van der Waals surface area contributed by atoms with Gasteiger partial charge in [0, 0.05) is 12.6 Å². The monoisotopic (exact) mass is 153 g/mol. The van der Waals surface area contributed by atoms with E-state index in [-0.39, 0.29) is 0 Å². The lowest BCUT2D eigenvalue weighted by Crippen LogP contribution is -2.25. The van der Waals surface area contributed by atoms with Crippen molar-refractivity contribution in [1.82, 2.24) is 5.32 Å². The summed E-state index contributed by atoms with van der Waals surface area (Å²) >= 11 is 0. The fraction of sp³-hybridized carbons (Fsp3) is 0.600. The Hall–Kier alpha value is -0.560. The van der Waals surface area contributed by atoms with E-state index in [1.165, 1.54) is 6.42 Å². The minimum Gasteiger partial charge on any atom is -0.311 e. The predicted molar refractivity (Wildman–Crippen MR) is 51.7 cm³/mol. The largest absolute Gasteiger partial charge is 0.311 e. The smallest absolute Gasteiger partial charge is 0.0137 e. The summed E-state index contributed by atoms with van der Waals surface area (Å²) in [6.45, 7) is 8.91. The van der Waals surface area contributed by atoms with Crippen LogP contribution in [0, 0.1) is 0 Å². The van der Waals surface area contributed by atoms with E-state index in [1.54, 1.807) is 0 Å². The Balaban J connectivity index is 3.21. The van der Waals surface area contributed by atoms with Crippen molar-refractivity contribution < 1.29 is 0 Å². The van der Waals surface area contributed by atoms with Crippen molar-refractivity contribution in [2.45, 2.75) is 32.7 Å². The van der Waals surface area contributed by atoms with Crippen molar-refractivity contribution in [3.05, 3.63) is 24.8 Å². The molecule has 1 nitrogen and oxygen atoms in total. The molecule has 11 heavy (non-hydrogen) atoms. The summed E-state index contributed by atoms with van der Waals surface area (Å²) in [5.41, 5.74) is 0. The maximum Gasteiger partial charge on any atom is 0.0137 e. The minimum absolute atomic E-state index is 0.601.